The number of nitrogens with zero attached hydrogens (tertiary/aromatic N) is 1. The van der Waals surface area contributed by atoms with Gasteiger partial charge in [-0.1, -0.05) is 18.7 Å². The molecule has 1 fully saturated rings. The van der Waals surface area contributed by atoms with Crippen molar-refractivity contribution in [2.24, 2.45) is 11.8 Å². The summed E-state index contributed by atoms with van der Waals surface area (Å²) < 4.78 is 25.1. The number of likely N-dealkylation sites (tertiary alicyclic amines) is 1. The number of esters is 1. The summed E-state index contributed by atoms with van der Waals surface area (Å²) in [4.78, 5) is 27.1. The van der Waals surface area contributed by atoms with Crippen molar-refractivity contribution in [3.8, 4) is 0 Å². The summed E-state index contributed by atoms with van der Waals surface area (Å²) in [5, 5.41) is 0. The van der Waals surface area contributed by atoms with Crippen molar-refractivity contribution < 1.29 is 23.5 Å². The summed E-state index contributed by atoms with van der Waals surface area (Å²) in [5.41, 5.74) is 0.154. The quantitative estimate of drug-likeness (QED) is 0.614. The topological polar surface area (TPSA) is 55.8 Å². The highest BCUT2D eigenvalue weighted by atomic mass is 19.1. The van der Waals surface area contributed by atoms with Crippen LogP contribution >= 0.6 is 0 Å². The van der Waals surface area contributed by atoms with Crippen molar-refractivity contribution in [1.29, 1.82) is 0 Å². The van der Waals surface area contributed by atoms with Crippen LogP contribution in [0.3, 0.4) is 0 Å². The van der Waals surface area contributed by atoms with E-state index in [1.807, 2.05) is 47.6 Å². The van der Waals surface area contributed by atoms with Crippen LogP contribution in [0, 0.1) is 17.7 Å². The van der Waals surface area contributed by atoms with Gasteiger partial charge in [0.1, 0.15) is 17.0 Å². The number of rotatable bonds is 5. The van der Waals surface area contributed by atoms with Crippen LogP contribution in [0.15, 0.2) is 24.8 Å². The molecule has 0 N–H and O–H groups in total. The monoisotopic (exact) mass is 419 g/mol. The smallest absolute Gasteiger partial charge is 0.410 e. The van der Waals surface area contributed by atoms with Crippen molar-refractivity contribution in [3.63, 3.8) is 0 Å². The van der Waals surface area contributed by atoms with Gasteiger partial charge in [-0.3, -0.25) is 4.79 Å². The number of hydrogen-bond acceptors (Lipinski definition) is 4. The molecule has 30 heavy (non-hydrogen) atoms. The van der Waals surface area contributed by atoms with E-state index in [2.05, 4.69) is 6.58 Å². The molecule has 1 aromatic rings. The van der Waals surface area contributed by atoms with Gasteiger partial charge in [-0.25, -0.2) is 9.18 Å². The maximum atomic E-state index is 14.0. The first-order valence-corrected chi connectivity index (χ1v) is 10.4. The second-order valence-electron chi connectivity index (χ2n) is 9.92. The molecule has 1 saturated heterocycles. The van der Waals surface area contributed by atoms with Gasteiger partial charge in [-0.05, 0) is 83.6 Å². The van der Waals surface area contributed by atoms with E-state index in [1.54, 1.807) is 11.0 Å². The highest BCUT2D eigenvalue weighted by molar-refractivity contribution is 5.74. The summed E-state index contributed by atoms with van der Waals surface area (Å²) in [5.74, 6) is -1.28. The van der Waals surface area contributed by atoms with Gasteiger partial charge in [0.2, 0.25) is 0 Å². The number of hydrogen-bond donors (Lipinski definition) is 0. The van der Waals surface area contributed by atoms with Crippen LogP contribution in [0.1, 0.15) is 59.1 Å². The van der Waals surface area contributed by atoms with E-state index in [0.29, 0.717) is 37.1 Å². The van der Waals surface area contributed by atoms with Crippen molar-refractivity contribution >= 4 is 18.1 Å². The molecule has 2 atom stereocenters. The Labute approximate surface area is 179 Å². The van der Waals surface area contributed by atoms with Crippen molar-refractivity contribution in [2.45, 2.75) is 65.6 Å². The van der Waals surface area contributed by atoms with Gasteiger partial charge in [-0.2, -0.15) is 0 Å². The van der Waals surface area contributed by atoms with Gasteiger partial charge in [0.25, 0.3) is 0 Å². The zero-order chi connectivity index (χ0) is 22.7. The standard InChI is InChI=1S/C24H34FNO4/c1-8-16-11-17(13-19(25)12-16)14-20(21(27)29-23(2,3)4)18-9-10-26(15-18)22(28)30-24(5,6)7/h8,11-13,18,20H,1,9-10,14-15H2,2-7H3/t18-,20-/m0/s1. The second kappa shape index (κ2) is 9.19. The Balaban J connectivity index is 2.22. The van der Waals surface area contributed by atoms with E-state index >= 15 is 0 Å². The Morgan fingerprint density at radius 2 is 1.80 bits per heavy atom. The Morgan fingerprint density at radius 3 is 2.37 bits per heavy atom. The van der Waals surface area contributed by atoms with Crippen LogP contribution in [-0.2, 0) is 20.7 Å². The van der Waals surface area contributed by atoms with Crippen molar-refractivity contribution in [3.05, 3.63) is 41.7 Å². The SMILES string of the molecule is C=Cc1cc(F)cc(C[C@H](C(=O)OC(C)(C)C)[C@H]2CCN(C(=O)OC(C)(C)C)C2)c1. The van der Waals surface area contributed by atoms with Crippen LogP contribution in [0.4, 0.5) is 9.18 Å². The Kier molecular flexibility index (Phi) is 7.32. The van der Waals surface area contributed by atoms with Crippen LogP contribution in [0.2, 0.25) is 0 Å². The molecule has 0 saturated carbocycles. The maximum absolute atomic E-state index is 14.0. The number of benzene rings is 1. The largest absolute Gasteiger partial charge is 0.460 e. The third kappa shape index (κ3) is 7.15. The molecular formula is C24H34FNO4. The first kappa shape index (κ1) is 23.9. The minimum Gasteiger partial charge on any atom is -0.460 e. The van der Waals surface area contributed by atoms with E-state index < -0.39 is 17.1 Å². The number of carbonyl (C=O) groups excluding carboxylic acids is 2. The van der Waals surface area contributed by atoms with Gasteiger partial charge >= 0.3 is 12.1 Å². The normalized spacial score (nSPS) is 18.1. The van der Waals surface area contributed by atoms with E-state index in [9.17, 15) is 14.0 Å². The number of carbonyl (C=O) groups is 2. The molecule has 166 valence electrons. The molecule has 0 spiro atoms. The Morgan fingerprint density at radius 1 is 1.17 bits per heavy atom. The lowest BCUT2D eigenvalue weighted by atomic mass is 9.85. The van der Waals surface area contributed by atoms with E-state index in [4.69, 9.17) is 9.47 Å². The maximum Gasteiger partial charge on any atom is 0.410 e. The summed E-state index contributed by atoms with van der Waals surface area (Å²) in [6, 6.07) is 4.66. The molecule has 1 amide bonds. The third-order valence-corrected chi connectivity index (χ3v) is 4.83. The fraction of sp³-hybridized carbons (Fsp3) is 0.583. The first-order chi connectivity index (χ1) is 13.8. The molecule has 0 radical (unpaired) electrons. The molecule has 1 heterocycles. The third-order valence-electron chi connectivity index (χ3n) is 4.83. The fourth-order valence-electron chi connectivity index (χ4n) is 3.59. The predicted octanol–water partition coefficient (Wildman–Crippen LogP) is 5.23. The fourth-order valence-corrected chi connectivity index (χ4v) is 3.59. The highest BCUT2D eigenvalue weighted by Crippen LogP contribution is 2.31. The molecule has 0 aromatic heterocycles. The lowest BCUT2D eigenvalue weighted by molar-refractivity contribution is -0.161. The molecule has 6 heteroatoms. The van der Waals surface area contributed by atoms with Crippen LogP contribution < -0.4 is 0 Å². The van der Waals surface area contributed by atoms with E-state index in [-0.39, 0.29) is 23.8 Å². The molecule has 1 aliphatic rings. The Bertz CT molecular complexity index is 791. The predicted molar refractivity (Wildman–Crippen MR) is 115 cm³/mol. The first-order valence-electron chi connectivity index (χ1n) is 10.4. The van der Waals surface area contributed by atoms with Gasteiger partial charge in [0, 0.05) is 13.1 Å². The summed E-state index contributed by atoms with van der Waals surface area (Å²) >= 11 is 0. The van der Waals surface area contributed by atoms with Gasteiger partial charge in [0.05, 0.1) is 5.92 Å². The number of amides is 1. The lowest BCUT2D eigenvalue weighted by Gasteiger charge is -2.28. The van der Waals surface area contributed by atoms with E-state index in [1.165, 1.54) is 12.1 Å². The summed E-state index contributed by atoms with van der Waals surface area (Å²) in [6.07, 6.45) is 2.19. The zero-order valence-corrected chi connectivity index (χ0v) is 19.0. The lowest BCUT2D eigenvalue weighted by Crippen LogP contribution is -2.38. The summed E-state index contributed by atoms with van der Waals surface area (Å²) in [7, 11) is 0. The molecule has 2 rings (SSSR count). The average molecular weight is 420 g/mol. The van der Waals surface area contributed by atoms with Crippen molar-refractivity contribution in [2.75, 3.05) is 13.1 Å². The molecule has 0 unspecified atom stereocenters. The zero-order valence-electron chi connectivity index (χ0n) is 19.0. The van der Waals surface area contributed by atoms with Crippen LogP contribution in [0.5, 0.6) is 0 Å². The number of ether oxygens (including phenoxy) is 2. The number of halogens is 1. The molecule has 1 aliphatic heterocycles. The molecule has 0 aliphatic carbocycles. The molecule has 1 aromatic carbocycles. The average Bonchev–Trinajstić information content (AvgIpc) is 3.06. The Hall–Kier alpha value is -2.37. The molecular weight excluding hydrogens is 385 g/mol. The van der Waals surface area contributed by atoms with Gasteiger partial charge in [0.15, 0.2) is 0 Å². The van der Waals surface area contributed by atoms with E-state index in [0.717, 1.165) is 0 Å². The van der Waals surface area contributed by atoms with Gasteiger partial charge < -0.3 is 14.4 Å². The molecule has 5 nitrogen and oxygen atoms in total. The van der Waals surface area contributed by atoms with Crippen molar-refractivity contribution in [1.82, 2.24) is 4.90 Å². The highest BCUT2D eigenvalue weighted by Gasteiger charge is 2.39. The van der Waals surface area contributed by atoms with Crippen LogP contribution in [0.25, 0.3) is 6.08 Å². The minimum atomic E-state index is -0.632. The second-order valence-corrected chi connectivity index (χ2v) is 9.92. The molecule has 0 bridgehead atoms. The summed E-state index contributed by atoms with van der Waals surface area (Å²) in [6.45, 7) is 15.5. The minimum absolute atomic E-state index is 0.0946. The van der Waals surface area contributed by atoms with Crippen LogP contribution in [-0.4, -0.2) is 41.3 Å². The van der Waals surface area contributed by atoms with Gasteiger partial charge in [-0.15, -0.1) is 0 Å².